The molecule has 270 valence electrons. The van der Waals surface area contributed by atoms with E-state index in [1.54, 1.807) is 24.3 Å². The Kier molecular flexibility index (Phi) is 14.3. The third kappa shape index (κ3) is 11.2. The van der Waals surface area contributed by atoms with Crippen molar-refractivity contribution in [2.24, 2.45) is 0 Å². The fourth-order valence-electron chi connectivity index (χ4n) is 6.07. The molecule has 0 heterocycles. The lowest BCUT2D eigenvalue weighted by Gasteiger charge is -2.29. The number of rotatable bonds is 18. The van der Waals surface area contributed by atoms with Gasteiger partial charge in [0.1, 0.15) is 21.4 Å². The van der Waals surface area contributed by atoms with Crippen LogP contribution in [0.1, 0.15) is 80.9 Å². The zero-order chi connectivity index (χ0) is 35.6. The first-order valence-electron chi connectivity index (χ1n) is 16.1. The van der Waals surface area contributed by atoms with Gasteiger partial charge in [0.25, 0.3) is 5.67 Å². The Labute approximate surface area is 276 Å². The molecule has 3 rings (SSSR count). The second kappa shape index (κ2) is 17.3. The van der Waals surface area contributed by atoms with E-state index in [0.29, 0.717) is 19.6 Å². The van der Waals surface area contributed by atoms with Crippen molar-refractivity contribution in [3.63, 3.8) is 0 Å². The average Bonchev–Trinajstić information content (AvgIpc) is 3.17. The highest BCUT2D eigenvalue weighted by molar-refractivity contribution is 7.91. The molecule has 2 N–H and O–H groups in total. The van der Waals surface area contributed by atoms with E-state index < -0.39 is 45.8 Å². The van der Waals surface area contributed by atoms with E-state index >= 15 is 0 Å². The molecule has 0 saturated heterocycles. The number of hydrogen-bond donors (Lipinski definition) is 2. The smallest absolute Gasteiger partial charge is 0.431 e. The number of fused-ring (bicyclic) bond motifs is 1. The molecular weight excluding hydrogens is 670 g/mol. The predicted octanol–water partition coefficient (Wildman–Crippen LogP) is 8.44. The number of aliphatic hydroxyl groups excluding tert-OH is 1. The number of sulfone groups is 1. The molecule has 0 saturated carbocycles. The molecule has 0 aliphatic heterocycles. The minimum absolute atomic E-state index is 0.0354. The first kappa shape index (κ1) is 39.7. The quantitative estimate of drug-likeness (QED) is 0.120. The topological polar surface area (TPSA) is 77.8 Å². The van der Waals surface area contributed by atoms with Crippen molar-refractivity contribution >= 4 is 21.0 Å². The summed E-state index contributed by atoms with van der Waals surface area (Å²) in [5.41, 5.74) is -0.117. The molecule has 0 aromatic heterocycles. The van der Waals surface area contributed by atoms with Crippen molar-refractivity contribution in [3.05, 3.63) is 65.0 Å². The van der Waals surface area contributed by atoms with Crippen molar-refractivity contribution in [2.45, 2.75) is 88.7 Å². The number of benzene rings is 2. The molecular formula is C34H43F8NO4S. The van der Waals surface area contributed by atoms with Gasteiger partial charge in [-0.05, 0) is 117 Å². The zero-order valence-electron chi connectivity index (χ0n) is 26.7. The second-order valence-corrected chi connectivity index (χ2v) is 14.6. The number of unbranched alkanes of at least 4 members (excludes halogenated alkanes) is 4. The summed E-state index contributed by atoms with van der Waals surface area (Å²) < 4.78 is 128. The maximum atomic E-state index is 13.8. The highest BCUT2D eigenvalue weighted by atomic mass is 32.2. The summed E-state index contributed by atoms with van der Waals surface area (Å²) in [6.07, 6.45) is -7.86. The molecule has 1 aliphatic carbocycles. The van der Waals surface area contributed by atoms with Crippen LogP contribution in [0.15, 0.2) is 42.5 Å². The van der Waals surface area contributed by atoms with Gasteiger partial charge in [0.15, 0.2) is 0 Å². The summed E-state index contributed by atoms with van der Waals surface area (Å²) in [6, 6.07) is 11.9. The van der Waals surface area contributed by atoms with E-state index in [0.717, 1.165) is 68.1 Å². The van der Waals surface area contributed by atoms with Crippen molar-refractivity contribution in [1.29, 1.82) is 0 Å². The van der Waals surface area contributed by atoms with Crippen molar-refractivity contribution in [2.75, 3.05) is 37.7 Å². The average molecular weight is 714 g/mol. The van der Waals surface area contributed by atoms with E-state index in [1.807, 2.05) is 11.0 Å². The molecule has 5 nitrogen and oxygen atoms in total. The lowest BCUT2D eigenvalue weighted by molar-refractivity contribution is -0.341. The molecule has 48 heavy (non-hydrogen) atoms. The van der Waals surface area contributed by atoms with E-state index in [-0.39, 0.29) is 31.0 Å². The molecule has 0 bridgehead atoms. The maximum Gasteiger partial charge on any atom is 0.431 e. The normalized spacial score (nSPS) is 14.8. The Morgan fingerprint density at radius 2 is 1.38 bits per heavy atom. The number of phenolic OH excluding ortho intramolecular Hbond substituents is 1. The van der Waals surface area contributed by atoms with Crippen molar-refractivity contribution in [1.82, 2.24) is 4.90 Å². The van der Waals surface area contributed by atoms with Crippen molar-refractivity contribution in [3.8, 4) is 5.75 Å². The van der Waals surface area contributed by atoms with Gasteiger partial charge in [0.2, 0.25) is 0 Å². The fourth-order valence-corrected chi connectivity index (χ4v) is 7.51. The fraction of sp³-hybridized carbons (Fsp3) is 0.588. The Bertz CT molecular complexity index is 1440. The predicted molar refractivity (Wildman–Crippen MR) is 169 cm³/mol. The molecule has 2 aromatic carbocycles. The Hall–Kier alpha value is -2.71. The van der Waals surface area contributed by atoms with Crippen molar-refractivity contribution < 1.29 is 53.8 Å². The Balaban J connectivity index is 1.48. The SMILES string of the molecule is O=S(=O)(CCCCN(CCO)CCCCCCC1=C(c2ccc(F)cc2)CCCc2cc(O)ccc21)CCC(F)(C(F)(F)F)C(F)(F)F. The summed E-state index contributed by atoms with van der Waals surface area (Å²) in [7, 11) is -4.37. The maximum absolute atomic E-state index is 13.8. The van der Waals surface area contributed by atoms with Crippen LogP contribution in [0.2, 0.25) is 0 Å². The molecule has 0 atom stereocenters. The lowest BCUT2D eigenvalue weighted by Crippen LogP contribution is -2.54. The van der Waals surface area contributed by atoms with Crippen LogP contribution < -0.4 is 0 Å². The molecule has 0 fully saturated rings. The molecule has 2 aromatic rings. The van der Waals surface area contributed by atoms with Gasteiger partial charge in [-0.15, -0.1) is 0 Å². The van der Waals surface area contributed by atoms with E-state index in [9.17, 15) is 53.8 Å². The highest BCUT2D eigenvalue weighted by Crippen LogP contribution is 2.48. The Morgan fingerprint density at radius 1 is 0.750 bits per heavy atom. The summed E-state index contributed by atoms with van der Waals surface area (Å²) in [5.74, 6) is -2.36. The monoisotopic (exact) mass is 713 g/mol. The van der Waals surface area contributed by atoms with Crippen LogP contribution in [0, 0.1) is 5.82 Å². The van der Waals surface area contributed by atoms with Gasteiger partial charge < -0.3 is 15.1 Å². The Morgan fingerprint density at radius 3 is 2.00 bits per heavy atom. The third-order valence-corrected chi connectivity index (χ3v) is 10.5. The molecule has 0 unspecified atom stereocenters. The third-order valence-electron chi connectivity index (χ3n) is 8.75. The van der Waals surface area contributed by atoms with Crippen LogP contribution in [0.5, 0.6) is 5.75 Å². The minimum Gasteiger partial charge on any atom is -0.508 e. The van der Waals surface area contributed by atoms with Gasteiger partial charge in [-0.1, -0.05) is 31.0 Å². The summed E-state index contributed by atoms with van der Waals surface area (Å²) in [4.78, 5) is 1.91. The number of aromatic hydroxyl groups is 1. The molecule has 1 aliphatic rings. The number of nitrogens with zero attached hydrogens (tertiary/aromatic N) is 1. The minimum atomic E-state index is -6.29. The van der Waals surface area contributed by atoms with Gasteiger partial charge >= 0.3 is 12.4 Å². The van der Waals surface area contributed by atoms with E-state index in [2.05, 4.69) is 0 Å². The van der Waals surface area contributed by atoms with Crippen LogP contribution in [-0.4, -0.2) is 79.3 Å². The number of aryl methyl sites for hydroxylation is 1. The van der Waals surface area contributed by atoms with Crippen LogP contribution >= 0.6 is 0 Å². The highest BCUT2D eigenvalue weighted by Gasteiger charge is 2.72. The van der Waals surface area contributed by atoms with Gasteiger partial charge in [0, 0.05) is 13.0 Å². The van der Waals surface area contributed by atoms with E-state index in [1.165, 1.54) is 23.3 Å². The second-order valence-electron chi connectivity index (χ2n) is 12.3. The van der Waals surface area contributed by atoms with Crippen LogP contribution in [-0.2, 0) is 16.3 Å². The number of aliphatic hydroxyl groups is 1. The summed E-state index contributed by atoms with van der Waals surface area (Å²) >= 11 is 0. The zero-order valence-corrected chi connectivity index (χ0v) is 27.5. The number of phenols is 1. The van der Waals surface area contributed by atoms with Crippen LogP contribution in [0.25, 0.3) is 11.1 Å². The van der Waals surface area contributed by atoms with Gasteiger partial charge in [-0.2, -0.15) is 26.3 Å². The first-order chi connectivity index (χ1) is 22.5. The van der Waals surface area contributed by atoms with Gasteiger partial charge in [0.05, 0.1) is 18.1 Å². The summed E-state index contributed by atoms with van der Waals surface area (Å²) in [6.45, 7) is 1.12. The van der Waals surface area contributed by atoms with Gasteiger partial charge in [-0.3, -0.25) is 0 Å². The number of alkyl halides is 7. The molecule has 0 amide bonds. The first-order valence-corrected chi connectivity index (χ1v) is 18.0. The summed E-state index contributed by atoms with van der Waals surface area (Å²) in [5, 5.41) is 19.5. The molecule has 0 spiro atoms. The standard InChI is InChI=1S/C34H43F8NO4S/c35-27-13-11-25(12-14-27)29-10-7-8-26-24-28(45)15-16-30(26)31(29)9-3-1-2-4-18-43(20-21-44)19-5-6-22-48(46,47)23-17-32(36,33(37,38)39)34(40,41)42/h11-16,24,44-45H,1-10,17-23H2. The molecule has 0 radical (unpaired) electrons. The number of hydrogen-bond acceptors (Lipinski definition) is 5. The number of halogens is 8. The lowest BCUT2D eigenvalue weighted by atomic mass is 9.89. The number of allylic oxidation sites excluding steroid dienone is 2. The van der Waals surface area contributed by atoms with Gasteiger partial charge in [-0.25, -0.2) is 17.2 Å². The van der Waals surface area contributed by atoms with E-state index in [4.69, 9.17) is 0 Å². The van der Waals surface area contributed by atoms with Crippen LogP contribution in [0.4, 0.5) is 35.1 Å². The molecule has 14 heteroatoms. The largest absolute Gasteiger partial charge is 0.508 e. The van der Waals surface area contributed by atoms with Crippen LogP contribution in [0.3, 0.4) is 0 Å².